The van der Waals surface area contributed by atoms with Gasteiger partial charge >= 0.3 is 0 Å². The van der Waals surface area contributed by atoms with E-state index in [1.165, 1.54) is 33.3 Å². The molecule has 4 aliphatic carbocycles. The number of allylic oxidation sites excluding steroid dienone is 2. The minimum Gasteiger partial charge on any atom is -0.389 e. The minimum atomic E-state index is -0.867. The molecule has 0 bridgehead atoms. The molecule has 6 fully saturated rings. The molecule has 3 saturated carbocycles. The Bertz CT molecular complexity index is 1650. The van der Waals surface area contributed by atoms with Crippen LogP contribution >= 0.6 is 0 Å². The van der Waals surface area contributed by atoms with E-state index >= 15 is 0 Å². The summed E-state index contributed by atoms with van der Waals surface area (Å²) in [5.74, 6) is 0.745. The Balaban J connectivity index is 1.13. The molecule has 1 aromatic carbocycles. The number of aromatic nitrogens is 1. The highest BCUT2D eigenvalue weighted by Gasteiger charge is 2.88. The molecule has 1 aromatic heterocycles. The maximum Gasteiger partial charge on any atom is 0.187 e. The molecule has 9 rings (SSSR count). The van der Waals surface area contributed by atoms with Crippen LogP contribution in [0.25, 0.3) is 10.9 Å². The zero-order chi connectivity index (χ0) is 31.7. The van der Waals surface area contributed by atoms with Crippen molar-refractivity contribution in [3.05, 3.63) is 46.7 Å². The van der Waals surface area contributed by atoms with E-state index in [9.17, 15) is 5.11 Å². The molecule has 0 radical (unpaired) electrons. The number of benzene rings is 1. The van der Waals surface area contributed by atoms with E-state index in [0.717, 1.165) is 44.9 Å². The number of rotatable bonds is 3. The normalized spacial score (nSPS) is 49.6. The zero-order valence-electron chi connectivity index (χ0n) is 28.8. The molecule has 11 atom stereocenters. The van der Waals surface area contributed by atoms with Crippen molar-refractivity contribution in [2.45, 2.75) is 160 Å². The minimum absolute atomic E-state index is 0.0738. The van der Waals surface area contributed by atoms with Crippen molar-refractivity contribution in [2.24, 2.45) is 22.7 Å². The van der Waals surface area contributed by atoms with Crippen LogP contribution < -0.4 is 0 Å². The number of hydrogen-bond donors (Lipinski definition) is 2. The van der Waals surface area contributed by atoms with Crippen molar-refractivity contribution < 1.29 is 24.1 Å². The summed E-state index contributed by atoms with van der Waals surface area (Å²) in [6.07, 6.45) is 8.30. The van der Waals surface area contributed by atoms with Crippen LogP contribution in [0.2, 0.25) is 0 Å². The molecule has 3 aliphatic heterocycles. The van der Waals surface area contributed by atoms with Gasteiger partial charge in [0.05, 0.1) is 28.5 Å². The van der Waals surface area contributed by atoms with Crippen LogP contribution in [0.5, 0.6) is 0 Å². The summed E-state index contributed by atoms with van der Waals surface area (Å²) < 4.78 is 26.7. The molecular formula is C39H53NO5. The van der Waals surface area contributed by atoms with Crippen molar-refractivity contribution in [1.82, 2.24) is 4.98 Å². The highest BCUT2D eigenvalue weighted by atomic mass is 16.8. The number of aromatic amines is 1. The summed E-state index contributed by atoms with van der Waals surface area (Å²) in [7, 11) is 0. The monoisotopic (exact) mass is 615 g/mol. The molecule has 0 amide bonds. The molecule has 2 aromatic rings. The molecule has 3 saturated heterocycles. The average Bonchev–Trinajstić information content (AvgIpc) is 3.80. The molecule has 6 nitrogen and oxygen atoms in total. The van der Waals surface area contributed by atoms with Crippen LogP contribution in [0.4, 0.5) is 0 Å². The van der Waals surface area contributed by atoms with Crippen LogP contribution in [-0.2, 0) is 37.2 Å². The van der Waals surface area contributed by atoms with Crippen LogP contribution in [0.15, 0.2) is 29.8 Å². The summed E-state index contributed by atoms with van der Waals surface area (Å²) >= 11 is 0. The molecule has 1 unspecified atom stereocenters. The Morgan fingerprint density at radius 3 is 2.40 bits per heavy atom. The molecule has 6 heteroatoms. The third kappa shape index (κ3) is 3.30. The van der Waals surface area contributed by atoms with Gasteiger partial charge in [0.1, 0.15) is 12.2 Å². The highest BCUT2D eigenvalue weighted by molar-refractivity contribution is 5.89. The fraction of sp³-hybridized carbons (Fsp3) is 0.744. The highest BCUT2D eigenvalue weighted by Crippen LogP contribution is 2.83. The molecular weight excluding hydrogens is 562 g/mol. The van der Waals surface area contributed by atoms with Crippen LogP contribution in [0.3, 0.4) is 0 Å². The van der Waals surface area contributed by atoms with Gasteiger partial charge in [-0.2, -0.15) is 0 Å². The number of hydrogen-bond acceptors (Lipinski definition) is 5. The van der Waals surface area contributed by atoms with E-state index in [4.69, 9.17) is 18.9 Å². The largest absolute Gasteiger partial charge is 0.389 e. The van der Waals surface area contributed by atoms with Gasteiger partial charge in [0, 0.05) is 32.8 Å². The predicted molar refractivity (Wildman–Crippen MR) is 174 cm³/mol. The number of epoxide rings is 1. The summed E-state index contributed by atoms with van der Waals surface area (Å²) in [5.41, 5.74) is 4.06. The van der Waals surface area contributed by atoms with Crippen LogP contribution in [0.1, 0.15) is 111 Å². The molecule has 7 aliphatic rings. The van der Waals surface area contributed by atoms with Gasteiger partial charge in [-0.15, -0.1) is 0 Å². The summed E-state index contributed by atoms with van der Waals surface area (Å²) in [6, 6.07) is 6.76. The Labute approximate surface area is 268 Å². The second-order valence-electron chi connectivity index (χ2n) is 18.0. The number of fused-ring (bicyclic) bond motifs is 9. The number of ether oxygens (including phenoxy) is 4. The molecule has 244 valence electrons. The van der Waals surface area contributed by atoms with Gasteiger partial charge in [-0.1, -0.05) is 37.6 Å². The first kappa shape index (κ1) is 29.4. The second kappa shape index (κ2) is 8.47. The number of aliphatic hydroxyl groups is 1. The van der Waals surface area contributed by atoms with Gasteiger partial charge in [-0.25, -0.2) is 0 Å². The summed E-state index contributed by atoms with van der Waals surface area (Å²) in [4.78, 5) is 4.00. The predicted octanol–water partition coefficient (Wildman–Crippen LogP) is 7.29. The lowest BCUT2D eigenvalue weighted by Gasteiger charge is -2.71. The third-order valence-electron chi connectivity index (χ3n) is 15.0. The van der Waals surface area contributed by atoms with Gasteiger partial charge in [0.15, 0.2) is 6.29 Å². The van der Waals surface area contributed by atoms with Gasteiger partial charge < -0.3 is 29.0 Å². The van der Waals surface area contributed by atoms with E-state index in [1.807, 2.05) is 0 Å². The van der Waals surface area contributed by atoms with Crippen molar-refractivity contribution >= 4 is 10.9 Å². The van der Waals surface area contributed by atoms with E-state index in [2.05, 4.69) is 91.6 Å². The number of nitrogens with one attached hydrogen (secondary N) is 1. The topological polar surface area (TPSA) is 76.2 Å². The first-order valence-electron chi connectivity index (χ1n) is 17.7. The third-order valence-corrected chi connectivity index (χ3v) is 15.0. The summed E-state index contributed by atoms with van der Waals surface area (Å²) in [5, 5.41) is 15.0. The van der Waals surface area contributed by atoms with E-state index in [0.29, 0.717) is 5.92 Å². The van der Waals surface area contributed by atoms with Gasteiger partial charge in [-0.05, 0) is 122 Å². The van der Waals surface area contributed by atoms with Gasteiger partial charge in [0.2, 0.25) is 0 Å². The van der Waals surface area contributed by atoms with Gasteiger partial charge in [0.25, 0.3) is 0 Å². The smallest absolute Gasteiger partial charge is 0.187 e. The van der Waals surface area contributed by atoms with Crippen LogP contribution in [-0.4, -0.2) is 57.1 Å². The average molecular weight is 616 g/mol. The Morgan fingerprint density at radius 2 is 1.69 bits per heavy atom. The SMILES string of the molecule is CC(C)=CCc1cccc2[nH]c3c(c12)C[C@@H]1CC[C@]2(O)[C@](C)(CC[C@]4(C)O[C@H]5[C@@H](O[C@H](C6OC6(C)C)OC5(C)C)[C@H]5C[C@@]524)[C@@]31C. The lowest BCUT2D eigenvalue weighted by Crippen LogP contribution is -2.77. The fourth-order valence-corrected chi connectivity index (χ4v) is 12.3. The maximum absolute atomic E-state index is 13.6. The number of H-pyrrole nitrogens is 1. The lowest BCUT2D eigenvalue weighted by molar-refractivity contribution is -0.392. The standard InChI is InChI=1S/C39H53NO5/c1-21(2)13-14-22-11-10-12-26-27(22)24-19-23-15-16-39(41)35(7,37(23,9)29(24)40-26)17-18-36(8)38(39)20-25(38)28-30(44-36)33(3,4)45-32(42-28)31-34(5,6)43-31/h10-13,23,25,28,30-32,40-41H,14-20H2,1-9H3/t23-,25+,28-,30-,31?,32-,35+,36-,37+,38-,39-/m0/s1. The van der Waals surface area contributed by atoms with Gasteiger partial charge in [-0.3, -0.25) is 0 Å². The molecule has 1 spiro atoms. The zero-order valence-corrected chi connectivity index (χ0v) is 28.8. The second-order valence-corrected chi connectivity index (χ2v) is 18.0. The lowest BCUT2D eigenvalue weighted by atomic mass is 9.38. The molecule has 2 N–H and O–H groups in total. The quantitative estimate of drug-likeness (QED) is 0.280. The Kier molecular flexibility index (Phi) is 5.54. The fourth-order valence-electron chi connectivity index (χ4n) is 12.3. The summed E-state index contributed by atoms with van der Waals surface area (Å²) in [6.45, 7) is 20.1. The van der Waals surface area contributed by atoms with Crippen LogP contribution in [0, 0.1) is 22.7 Å². The van der Waals surface area contributed by atoms with E-state index in [1.54, 1.807) is 0 Å². The van der Waals surface area contributed by atoms with E-state index in [-0.39, 0.29) is 46.1 Å². The molecule has 45 heavy (non-hydrogen) atoms. The Hall–Kier alpha value is -1.70. The first-order chi connectivity index (χ1) is 21.0. The van der Waals surface area contributed by atoms with E-state index < -0.39 is 23.1 Å². The van der Waals surface area contributed by atoms with Crippen molar-refractivity contribution in [3.63, 3.8) is 0 Å². The van der Waals surface area contributed by atoms with Crippen molar-refractivity contribution in [1.29, 1.82) is 0 Å². The van der Waals surface area contributed by atoms with Crippen molar-refractivity contribution in [2.75, 3.05) is 0 Å². The first-order valence-corrected chi connectivity index (χ1v) is 17.7. The Morgan fingerprint density at radius 1 is 0.956 bits per heavy atom. The van der Waals surface area contributed by atoms with Crippen molar-refractivity contribution in [3.8, 4) is 0 Å². The molecule has 4 heterocycles. The maximum atomic E-state index is 13.6.